The summed E-state index contributed by atoms with van der Waals surface area (Å²) in [7, 11) is 1.07. The lowest BCUT2D eigenvalue weighted by atomic mass is 10.0. The van der Waals surface area contributed by atoms with Gasteiger partial charge in [0.15, 0.2) is 0 Å². The third kappa shape index (κ3) is 2.82. The molecule has 0 saturated carbocycles. The highest BCUT2D eigenvalue weighted by atomic mass is 35.5. The maximum atomic E-state index is 14.1. The van der Waals surface area contributed by atoms with E-state index in [0.717, 1.165) is 25.4 Å². The molecule has 0 unspecified atom stereocenters. The molecule has 0 aliphatic rings. The average molecular weight is 333 g/mol. The molecule has 0 radical (unpaired) electrons. The molecular formula is C13H8ClF3N2O3. The fourth-order valence-corrected chi connectivity index (χ4v) is 1.95. The molecule has 1 aromatic heterocycles. The van der Waals surface area contributed by atoms with Crippen molar-refractivity contribution in [2.45, 2.75) is 6.43 Å². The van der Waals surface area contributed by atoms with Crippen LogP contribution in [0.3, 0.4) is 0 Å². The summed E-state index contributed by atoms with van der Waals surface area (Å²) < 4.78 is 44.4. The summed E-state index contributed by atoms with van der Waals surface area (Å²) in [6.45, 7) is 0. The van der Waals surface area contributed by atoms with E-state index in [1.54, 1.807) is 0 Å². The van der Waals surface area contributed by atoms with Gasteiger partial charge in [0.05, 0.1) is 17.7 Å². The van der Waals surface area contributed by atoms with E-state index in [2.05, 4.69) is 9.72 Å². The van der Waals surface area contributed by atoms with Gasteiger partial charge in [-0.15, -0.1) is 0 Å². The van der Waals surface area contributed by atoms with Crippen molar-refractivity contribution in [3.05, 3.63) is 50.9 Å². The standard InChI is InChI=1S/C13H8ClF3N2O3/c1-22-13(21)11-18-4-6(12(20)19-11)8-5(10(16)17)2-3-7(14)9(8)15/h2-4,10H,1H3,(H,18,19,20). The molecule has 22 heavy (non-hydrogen) atoms. The molecular weight excluding hydrogens is 325 g/mol. The van der Waals surface area contributed by atoms with Crippen molar-refractivity contribution in [2.75, 3.05) is 7.11 Å². The van der Waals surface area contributed by atoms with Crippen molar-refractivity contribution in [2.24, 2.45) is 0 Å². The predicted molar refractivity (Wildman–Crippen MR) is 71.6 cm³/mol. The molecule has 0 amide bonds. The Morgan fingerprint density at radius 3 is 2.64 bits per heavy atom. The number of halogens is 4. The molecule has 2 aromatic rings. The second kappa shape index (κ2) is 6.18. The smallest absolute Gasteiger partial charge is 0.374 e. The largest absolute Gasteiger partial charge is 0.463 e. The molecule has 1 aromatic carbocycles. The molecule has 0 spiro atoms. The molecule has 0 fully saturated rings. The number of H-pyrrole nitrogens is 1. The SMILES string of the molecule is COC(=O)c1ncc(-c2c(C(F)F)ccc(Cl)c2F)c(=O)[nH]1. The lowest BCUT2D eigenvalue weighted by Gasteiger charge is -2.10. The highest BCUT2D eigenvalue weighted by Gasteiger charge is 2.23. The number of methoxy groups -OCH3 is 1. The van der Waals surface area contributed by atoms with Gasteiger partial charge in [-0.2, -0.15) is 0 Å². The summed E-state index contributed by atoms with van der Waals surface area (Å²) in [5.74, 6) is -2.53. The first-order valence-electron chi connectivity index (χ1n) is 5.80. The average Bonchev–Trinajstić information content (AvgIpc) is 2.49. The van der Waals surface area contributed by atoms with Crippen LogP contribution in [0, 0.1) is 5.82 Å². The molecule has 5 nitrogen and oxygen atoms in total. The molecule has 0 saturated heterocycles. The quantitative estimate of drug-likeness (QED) is 0.877. The Morgan fingerprint density at radius 1 is 1.41 bits per heavy atom. The van der Waals surface area contributed by atoms with Crippen LogP contribution in [0.15, 0.2) is 23.1 Å². The van der Waals surface area contributed by atoms with Gasteiger partial charge in [-0.3, -0.25) is 4.79 Å². The van der Waals surface area contributed by atoms with Crippen LogP contribution in [0.4, 0.5) is 13.2 Å². The lowest BCUT2D eigenvalue weighted by Crippen LogP contribution is -2.18. The Bertz CT molecular complexity index is 793. The van der Waals surface area contributed by atoms with Crippen LogP contribution in [0.1, 0.15) is 22.6 Å². The van der Waals surface area contributed by atoms with Crippen molar-refractivity contribution < 1.29 is 22.7 Å². The summed E-state index contributed by atoms with van der Waals surface area (Å²) in [6, 6.07) is 1.88. The van der Waals surface area contributed by atoms with Gasteiger partial charge in [-0.05, 0) is 6.07 Å². The van der Waals surface area contributed by atoms with E-state index in [1.165, 1.54) is 0 Å². The molecule has 0 atom stereocenters. The first-order chi connectivity index (χ1) is 10.4. The third-order valence-electron chi connectivity index (χ3n) is 2.81. The van der Waals surface area contributed by atoms with Crippen LogP contribution < -0.4 is 5.56 Å². The van der Waals surface area contributed by atoms with E-state index >= 15 is 0 Å². The number of aromatic nitrogens is 2. The van der Waals surface area contributed by atoms with Crippen molar-refractivity contribution in [3.8, 4) is 11.1 Å². The van der Waals surface area contributed by atoms with E-state index in [1.807, 2.05) is 4.98 Å². The number of hydrogen-bond acceptors (Lipinski definition) is 4. The van der Waals surface area contributed by atoms with E-state index in [-0.39, 0.29) is 0 Å². The lowest BCUT2D eigenvalue weighted by molar-refractivity contribution is 0.0586. The number of carbonyl (C=O) groups excluding carboxylic acids is 1. The number of nitrogens with one attached hydrogen (secondary N) is 1. The summed E-state index contributed by atoms with van der Waals surface area (Å²) >= 11 is 5.57. The zero-order valence-corrected chi connectivity index (χ0v) is 11.7. The monoisotopic (exact) mass is 332 g/mol. The van der Waals surface area contributed by atoms with Gasteiger partial charge in [0, 0.05) is 17.3 Å². The Labute approximate surface area is 126 Å². The van der Waals surface area contributed by atoms with Crippen LogP contribution in [-0.2, 0) is 4.74 Å². The topological polar surface area (TPSA) is 72.0 Å². The molecule has 0 bridgehead atoms. The number of nitrogens with zero attached hydrogens (tertiary/aromatic N) is 1. The number of ether oxygens (including phenoxy) is 1. The molecule has 0 aliphatic carbocycles. The van der Waals surface area contributed by atoms with Crippen LogP contribution in [0.2, 0.25) is 5.02 Å². The number of rotatable bonds is 3. The second-order valence-corrected chi connectivity index (χ2v) is 4.50. The predicted octanol–water partition coefficient (Wildman–Crippen LogP) is 2.95. The normalized spacial score (nSPS) is 10.8. The van der Waals surface area contributed by atoms with Gasteiger partial charge < -0.3 is 9.72 Å². The molecule has 9 heteroatoms. The minimum absolute atomic E-state index is 0.421. The first kappa shape index (κ1) is 16.0. The molecule has 1 heterocycles. The van der Waals surface area contributed by atoms with Gasteiger partial charge in [-0.25, -0.2) is 22.9 Å². The summed E-state index contributed by atoms with van der Waals surface area (Å²) in [4.78, 5) is 28.8. The number of carbonyl (C=O) groups is 1. The van der Waals surface area contributed by atoms with Crippen molar-refractivity contribution in [3.63, 3.8) is 0 Å². The third-order valence-corrected chi connectivity index (χ3v) is 3.10. The minimum atomic E-state index is -3.03. The van der Waals surface area contributed by atoms with Gasteiger partial charge >= 0.3 is 5.97 Å². The Morgan fingerprint density at radius 2 is 2.09 bits per heavy atom. The minimum Gasteiger partial charge on any atom is -0.463 e. The molecule has 2 rings (SSSR count). The zero-order valence-electron chi connectivity index (χ0n) is 11.0. The van der Waals surface area contributed by atoms with Crippen molar-refractivity contribution in [1.82, 2.24) is 9.97 Å². The molecule has 0 aliphatic heterocycles. The maximum Gasteiger partial charge on any atom is 0.374 e. The van der Waals surface area contributed by atoms with Gasteiger partial charge in [-0.1, -0.05) is 17.7 Å². The highest BCUT2D eigenvalue weighted by Crippen LogP contribution is 2.34. The maximum absolute atomic E-state index is 14.1. The van der Waals surface area contributed by atoms with Crippen molar-refractivity contribution in [1.29, 1.82) is 0 Å². The summed E-state index contributed by atoms with van der Waals surface area (Å²) in [5.41, 5.74) is -2.81. The second-order valence-electron chi connectivity index (χ2n) is 4.09. The Hall–Kier alpha value is -2.35. The van der Waals surface area contributed by atoms with Gasteiger partial charge in [0.25, 0.3) is 12.0 Å². The fourth-order valence-electron chi connectivity index (χ4n) is 1.79. The van der Waals surface area contributed by atoms with E-state index in [0.29, 0.717) is 0 Å². The Kier molecular flexibility index (Phi) is 4.51. The van der Waals surface area contributed by atoms with Crippen LogP contribution in [0.25, 0.3) is 11.1 Å². The fraction of sp³-hybridized carbons (Fsp3) is 0.154. The number of esters is 1. The van der Waals surface area contributed by atoms with E-state index in [9.17, 15) is 22.8 Å². The summed E-state index contributed by atoms with van der Waals surface area (Å²) in [6.07, 6.45) is -2.22. The first-order valence-corrected chi connectivity index (χ1v) is 6.18. The van der Waals surface area contributed by atoms with Crippen LogP contribution in [-0.4, -0.2) is 23.0 Å². The molecule has 1 N–H and O–H groups in total. The number of alkyl halides is 2. The number of benzene rings is 1. The van der Waals surface area contributed by atoms with E-state index in [4.69, 9.17) is 11.6 Å². The summed E-state index contributed by atoms with van der Waals surface area (Å²) in [5, 5.41) is -0.421. The number of aromatic amines is 1. The van der Waals surface area contributed by atoms with Gasteiger partial charge in [0.1, 0.15) is 5.82 Å². The zero-order chi connectivity index (χ0) is 16.4. The molecule has 116 valence electrons. The Balaban J connectivity index is 2.69. The van der Waals surface area contributed by atoms with Crippen LogP contribution in [0.5, 0.6) is 0 Å². The van der Waals surface area contributed by atoms with E-state index < -0.39 is 51.3 Å². The van der Waals surface area contributed by atoms with Crippen LogP contribution >= 0.6 is 11.6 Å². The highest BCUT2D eigenvalue weighted by molar-refractivity contribution is 6.31. The van der Waals surface area contributed by atoms with Crippen molar-refractivity contribution >= 4 is 17.6 Å². The number of hydrogen-bond donors (Lipinski definition) is 1. The van der Waals surface area contributed by atoms with Gasteiger partial charge in [0.2, 0.25) is 5.82 Å².